The summed E-state index contributed by atoms with van der Waals surface area (Å²) in [6, 6.07) is -4.24. The first-order valence-corrected chi connectivity index (χ1v) is 12.1. The van der Waals surface area contributed by atoms with E-state index in [0.29, 0.717) is 25.8 Å². The zero-order valence-corrected chi connectivity index (χ0v) is 21.2. The Hall–Kier alpha value is -2.73. The molecule has 0 aromatic rings. The van der Waals surface area contributed by atoms with Gasteiger partial charge < -0.3 is 37.6 Å². The SMILES string of the molecule is CCC(C)C(NC(=O)C(N)CCC(=O)O)C(=O)NC(CC(C)C)C(=O)NC(CCCCN)C(=O)O. The molecule has 5 atom stereocenters. The van der Waals surface area contributed by atoms with Crippen LogP contribution in [0.4, 0.5) is 0 Å². The third-order valence-electron chi connectivity index (χ3n) is 5.70. The summed E-state index contributed by atoms with van der Waals surface area (Å²) in [7, 11) is 0. The first-order chi connectivity index (χ1) is 16.3. The van der Waals surface area contributed by atoms with Crippen molar-refractivity contribution in [2.45, 2.75) is 96.8 Å². The van der Waals surface area contributed by atoms with Crippen LogP contribution in [0.3, 0.4) is 0 Å². The first kappa shape index (κ1) is 32.3. The largest absolute Gasteiger partial charge is 0.481 e. The Labute approximate surface area is 206 Å². The number of carbonyl (C=O) groups is 5. The average Bonchev–Trinajstić information content (AvgIpc) is 2.78. The highest BCUT2D eigenvalue weighted by Gasteiger charge is 2.32. The monoisotopic (exact) mass is 501 g/mol. The number of hydrogen-bond acceptors (Lipinski definition) is 7. The molecule has 0 saturated heterocycles. The van der Waals surface area contributed by atoms with Crippen LogP contribution in [0.1, 0.15) is 72.6 Å². The molecular weight excluding hydrogens is 458 g/mol. The Morgan fingerprint density at radius 3 is 1.91 bits per heavy atom. The number of carboxylic acids is 2. The molecule has 0 radical (unpaired) electrons. The summed E-state index contributed by atoms with van der Waals surface area (Å²) in [4.78, 5) is 60.9. The lowest BCUT2D eigenvalue weighted by atomic mass is 9.96. The van der Waals surface area contributed by atoms with Crippen molar-refractivity contribution in [3.05, 3.63) is 0 Å². The second-order valence-corrected chi connectivity index (χ2v) is 9.29. The van der Waals surface area contributed by atoms with E-state index in [9.17, 15) is 29.1 Å². The van der Waals surface area contributed by atoms with Gasteiger partial charge in [0.2, 0.25) is 17.7 Å². The third kappa shape index (κ3) is 13.1. The number of unbranched alkanes of at least 4 members (excludes halogenated alkanes) is 1. The number of carbonyl (C=O) groups excluding carboxylic acids is 3. The summed E-state index contributed by atoms with van der Waals surface area (Å²) in [5.41, 5.74) is 11.2. The molecule has 12 heteroatoms. The van der Waals surface area contributed by atoms with Crippen molar-refractivity contribution in [3.8, 4) is 0 Å². The van der Waals surface area contributed by atoms with Gasteiger partial charge in [0.05, 0.1) is 6.04 Å². The molecule has 3 amide bonds. The van der Waals surface area contributed by atoms with Crippen LogP contribution in [0.2, 0.25) is 0 Å². The summed E-state index contributed by atoms with van der Waals surface area (Å²) < 4.78 is 0. The van der Waals surface area contributed by atoms with E-state index in [1.165, 1.54) is 0 Å². The molecule has 0 aliphatic heterocycles. The minimum Gasteiger partial charge on any atom is -0.481 e. The van der Waals surface area contributed by atoms with Crippen molar-refractivity contribution >= 4 is 29.7 Å². The zero-order valence-electron chi connectivity index (χ0n) is 21.2. The van der Waals surface area contributed by atoms with Gasteiger partial charge in [-0.3, -0.25) is 19.2 Å². The highest BCUT2D eigenvalue weighted by Crippen LogP contribution is 2.12. The number of rotatable bonds is 18. The molecule has 0 fully saturated rings. The van der Waals surface area contributed by atoms with Gasteiger partial charge in [0.15, 0.2) is 0 Å². The predicted octanol–water partition coefficient (Wildman–Crippen LogP) is -0.0613. The zero-order chi connectivity index (χ0) is 27.1. The number of hydrogen-bond donors (Lipinski definition) is 7. The summed E-state index contributed by atoms with van der Waals surface area (Å²) in [5.74, 6) is -4.46. The third-order valence-corrected chi connectivity index (χ3v) is 5.70. The Morgan fingerprint density at radius 1 is 0.829 bits per heavy atom. The van der Waals surface area contributed by atoms with Gasteiger partial charge in [0, 0.05) is 6.42 Å². The van der Waals surface area contributed by atoms with Gasteiger partial charge in [-0.25, -0.2) is 4.79 Å². The molecule has 12 nitrogen and oxygen atoms in total. The van der Waals surface area contributed by atoms with Crippen LogP contribution in [0.5, 0.6) is 0 Å². The van der Waals surface area contributed by atoms with Crippen molar-refractivity contribution in [1.82, 2.24) is 16.0 Å². The van der Waals surface area contributed by atoms with Gasteiger partial charge in [0.25, 0.3) is 0 Å². The average molecular weight is 502 g/mol. The van der Waals surface area contributed by atoms with Crippen LogP contribution in [0, 0.1) is 11.8 Å². The Kier molecular flexibility index (Phi) is 15.5. The normalized spacial score (nSPS) is 15.4. The number of nitrogens with two attached hydrogens (primary N) is 2. The number of aliphatic carboxylic acids is 2. The minimum atomic E-state index is -1.18. The van der Waals surface area contributed by atoms with Crippen molar-refractivity contribution in [3.63, 3.8) is 0 Å². The van der Waals surface area contributed by atoms with Crippen LogP contribution in [0.25, 0.3) is 0 Å². The fourth-order valence-corrected chi connectivity index (χ4v) is 3.36. The molecule has 0 aromatic heterocycles. The van der Waals surface area contributed by atoms with Crippen LogP contribution in [-0.4, -0.2) is 70.6 Å². The van der Waals surface area contributed by atoms with Gasteiger partial charge in [-0.15, -0.1) is 0 Å². The highest BCUT2D eigenvalue weighted by molar-refractivity contribution is 5.94. The molecule has 0 bridgehead atoms. The van der Waals surface area contributed by atoms with E-state index in [0.717, 1.165) is 0 Å². The topological polar surface area (TPSA) is 214 Å². The fourth-order valence-electron chi connectivity index (χ4n) is 3.36. The van der Waals surface area contributed by atoms with E-state index in [2.05, 4.69) is 16.0 Å². The highest BCUT2D eigenvalue weighted by atomic mass is 16.4. The molecule has 0 aliphatic rings. The standard InChI is InChI=1S/C23H43N5O7/c1-5-14(4)19(28-20(31)15(25)9-10-18(29)30)22(33)27-17(12-13(2)3)21(32)26-16(23(34)35)8-6-7-11-24/h13-17,19H,5-12,24-25H2,1-4H3,(H,26,32)(H,27,33)(H,28,31)(H,29,30)(H,34,35). The van der Waals surface area contributed by atoms with Crippen LogP contribution in [-0.2, 0) is 24.0 Å². The van der Waals surface area contributed by atoms with Gasteiger partial charge in [0.1, 0.15) is 18.1 Å². The maximum absolute atomic E-state index is 13.1. The van der Waals surface area contributed by atoms with Crippen molar-refractivity contribution in [2.75, 3.05) is 6.54 Å². The molecule has 0 aliphatic carbocycles. The van der Waals surface area contributed by atoms with E-state index in [-0.39, 0.29) is 37.5 Å². The molecule has 0 saturated carbocycles. The molecule has 0 aromatic carbocycles. The smallest absolute Gasteiger partial charge is 0.326 e. The lowest BCUT2D eigenvalue weighted by molar-refractivity contribution is -0.142. The van der Waals surface area contributed by atoms with Crippen LogP contribution < -0.4 is 27.4 Å². The van der Waals surface area contributed by atoms with Gasteiger partial charge in [-0.1, -0.05) is 34.1 Å². The van der Waals surface area contributed by atoms with Crippen molar-refractivity contribution in [1.29, 1.82) is 0 Å². The lowest BCUT2D eigenvalue weighted by Crippen LogP contribution is -2.58. The Balaban J connectivity index is 5.48. The van der Waals surface area contributed by atoms with Gasteiger partial charge in [-0.05, 0) is 50.5 Å². The molecular formula is C23H43N5O7. The van der Waals surface area contributed by atoms with E-state index in [1.807, 2.05) is 20.8 Å². The van der Waals surface area contributed by atoms with E-state index >= 15 is 0 Å². The molecule has 202 valence electrons. The van der Waals surface area contributed by atoms with E-state index < -0.39 is 53.8 Å². The molecule has 0 spiro atoms. The minimum absolute atomic E-state index is 0.00708. The Morgan fingerprint density at radius 2 is 1.43 bits per heavy atom. The van der Waals surface area contributed by atoms with E-state index in [4.69, 9.17) is 16.6 Å². The van der Waals surface area contributed by atoms with Crippen LogP contribution >= 0.6 is 0 Å². The van der Waals surface area contributed by atoms with E-state index in [1.54, 1.807) is 6.92 Å². The number of carboxylic acid groups (broad SMARTS) is 2. The number of nitrogens with one attached hydrogen (secondary N) is 3. The summed E-state index contributed by atoms with van der Waals surface area (Å²) >= 11 is 0. The maximum Gasteiger partial charge on any atom is 0.326 e. The van der Waals surface area contributed by atoms with Crippen molar-refractivity contribution < 1.29 is 34.2 Å². The summed E-state index contributed by atoms with van der Waals surface area (Å²) in [6.45, 7) is 7.71. The van der Waals surface area contributed by atoms with Gasteiger partial charge in [-0.2, -0.15) is 0 Å². The van der Waals surface area contributed by atoms with Gasteiger partial charge >= 0.3 is 11.9 Å². The molecule has 35 heavy (non-hydrogen) atoms. The summed E-state index contributed by atoms with van der Waals surface area (Å²) in [5, 5.41) is 26.0. The second-order valence-electron chi connectivity index (χ2n) is 9.29. The van der Waals surface area contributed by atoms with Crippen molar-refractivity contribution in [2.24, 2.45) is 23.3 Å². The summed E-state index contributed by atoms with van der Waals surface area (Å²) in [6.07, 6.45) is 1.77. The fraction of sp³-hybridized carbons (Fsp3) is 0.783. The maximum atomic E-state index is 13.1. The molecule has 0 rings (SSSR count). The molecule has 9 N–H and O–H groups in total. The Bertz CT molecular complexity index is 716. The second kappa shape index (κ2) is 16.8. The molecule has 5 unspecified atom stereocenters. The predicted molar refractivity (Wildman–Crippen MR) is 130 cm³/mol. The number of amides is 3. The first-order valence-electron chi connectivity index (χ1n) is 12.1. The molecule has 0 heterocycles. The van der Waals surface area contributed by atoms with Crippen LogP contribution in [0.15, 0.2) is 0 Å². The quantitative estimate of drug-likeness (QED) is 0.125. The lowest BCUT2D eigenvalue weighted by Gasteiger charge is -2.28.